The van der Waals surface area contributed by atoms with Crippen molar-refractivity contribution in [1.82, 2.24) is 4.90 Å². The van der Waals surface area contributed by atoms with Crippen LogP contribution < -0.4 is 5.32 Å². The Hall–Kier alpha value is -2.37. The monoisotopic (exact) mass is 330 g/mol. The molecule has 24 heavy (non-hydrogen) atoms. The molecular weight excluding hydrogens is 308 g/mol. The van der Waals surface area contributed by atoms with Crippen LogP contribution in [0.1, 0.15) is 54.4 Å². The quantitative estimate of drug-likeness (QED) is 0.869. The van der Waals surface area contributed by atoms with E-state index in [9.17, 15) is 14.4 Å². The molecule has 0 atom stereocenters. The minimum absolute atomic E-state index is 0.0304. The van der Waals surface area contributed by atoms with Crippen molar-refractivity contribution in [2.24, 2.45) is 5.92 Å². The van der Waals surface area contributed by atoms with Crippen LogP contribution in [0.5, 0.6) is 0 Å². The molecule has 2 aliphatic rings. The summed E-state index contributed by atoms with van der Waals surface area (Å²) in [7, 11) is 0. The zero-order valence-corrected chi connectivity index (χ0v) is 13.6. The molecule has 0 bridgehead atoms. The molecule has 6 nitrogen and oxygen atoms in total. The number of benzene rings is 1. The zero-order valence-electron chi connectivity index (χ0n) is 13.6. The fourth-order valence-corrected chi connectivity index (χ4v) is 3.46. The first kappa shape index (κ1) is 16.5. The van der Waals surface area contributed by atoms with Crippen molar-refractivity contribution >= 4 is 23.5 Å². The molecule has 2 amide bonds. The maximum Gasteiger partial charge on any atom is 0.305 e. The Kier molecular flexibility index (Phi) is 4.83. The van der Waals surface area contributed by atoms with Gasteiger partial charge in [-0.15, -0.1) is 0 Å². The van der Waals surface area contributed by atoms with Gasteiger partial charge < -0.3 is 15.3 Å². The molecule has 1 fully saturated rings. The lowest BCUT2D eigenvalue weighted by Crippen LogP contribution is -2.26. The van der Waals surface area contributed by atoms with Crippen molar-refractivity contribution in [3.05, 3.63) is 29.3 Å². The minimum Gasteiger partial charge on any atom is -0.481 e. The first-order valence-corrected chi connectivity index (χ1v) is 8.49. The Morgan fingerprint density at radius 1 is 1.21 bits per heavy atom. The van der Waals surface area contributed by atoms with E-state index in [2.05, 4.69) is 5.32 Å². The summed E-state index contributed by atoms with van der Waals surface area (Å²) in [5.41, 5.74) is 2.07. The van der Waals surface area contributed by atoms with Crippen molar-refractivity contribution in [3.63, 3.8) is 0 Å². The van der Waals surface area contributed by atoms with E-state index >= 15 is 0 Å². The summed E-state index contributed by atoms with van der Waals surface area (Å²) >= 11 is 0. The minimum atomic E-state index is -0.917. The van der Waals surface area contributed by atoms with Gasteiger partial charge in [-0.1, -0.05) is 25.3 Å². The third-order valence-electron chi connectivity index (χ3n) is 4.83. The first-order chi connectivity index (χ1) is 11.5. The number of rotatable bonds is 5. The van der Waals surface area contributed by atoms with Gasteiger partial charge in [0.25, 0.3) is 5.91 Å². The average Bonchev–Trinajstić information content (AvgIpc) is 2.90. The highest BCUT2D eigenvalue weighted by molar-refractivity contribution is 6.01. The Morgan fingerprint density at radius 2 is 1.96 bits per heavy atom. The number of carboxylic acid groups (broad SMARTS) is 1. The molecule has 6 heteroatoms. The predicted octanol–water partition coefficient (Wildman–Crippen LogP) is 2.64. The molecular formula is C18H22N2O4. The van der Waals surface area contributed by atoms with E-state index in [0.29, 0.717) is 17.8 Å². The number of nitrogens with zero attached hydrogens (tertiary/aromatic N) is 1. The number of carbonyl (C=O) groups is 3. The molecule has 128 valence electrons. The van der Waals surface area contributed by atoms with Gasteiger partial charge in [-0.25, -0.2) is 0 Å². The highest BCUT2D eigenvalue weighted by Crippen LogP contribution is 2.28. The number of nitrogens with one attached hydrogen (secondary N) is 1. The van der Waals surface area contributed by atoms with Crippen molar-refractivity contribution in [2.75, 3.05) is 11.9 Å². The summed E-state index contributed by atoms with van der Waals surface area (Å²) in [5, 5.41) is 11.7. The van der Waals surface area contributed by atoms with Crippen LogP contribution in [-0.4, -0.2) is 34.3 Å². The maximum absolute atomic E-state index is 12.4. The molecule has 1 aliphatic heterocycles. The standard InChI is InChI=1S/C18H22N2O4/c21-16(22)8-9-20-11-13-6-7-14(10-15(13)18(20)24)19-17(23)12-4-2-1-3-5-12/h6-7,10,12H,1-5,8-9,11H2,(H,19,23)(H,21,22). The lowest BCUT2D eigenvalue weighted by atomic mass is 9.88. The molecule has 2 N–H and O–H groups in total. The summed E-state index contributed by atoms with van der Waals surface area (Å²) in [5.74, 6) is -0.989. The molecule has 1 aromatic carbocycles. The third-order valence-corrected chi connectivity index (χ3v) is 4.83. The van der Waals surface area contributed by atoms with Gasteiger partial charge in [0.1, 0.15) is 0 Å². The second-order valence-electron chi connectivity index (χ2n) is 6.57. The van der Waals surface area contributed by atoms with Crippen LogP contribution in [0.2, 0.25) is 0 Å². The van der Waals surface area contributed by atoms with Crippen molar-refractivity contribution < 1.29 is 19.5 Å². The average molecular weight is 330 g/mol. The van der Waals surface area contributed by atoms with Crippen molar-refractivity contribution in [2.45, 2.75) is 45.1 Å². The fourth-order valence-electron chi connectivity index (χ4n) is 3.46. The number of fused-ring (bicyclic) bond motifs is 1. The molecule has 0 radical (unpaired) electrons. The van der Waals surface area contributed by atoms with Crippen molar-refractivity contribution in [3.8, 4) is 0 Å². The summed E-state index contributed by atoms with van der Waals surface area (Å²) in [6, 6.07) is 5.36. The SMILES string of the molecule is O=C(O)CCN1Cc2ccc(NC(=O)C3CCCCC3)cc2C1=O. The second kappa shape index (κ2) is 7.03. The molecule has 1 aromatic rings. The largest absolute Gasteiger partial charge is 0.481 e. The molecule has 3 rings (SSSR count). The van der Waals surface area contributed by atoms with E-state index in [1.807, 2.05) is 12.1 Å². The zero-order chi connectivity index (χ0) is 17.1. The Morgan fingerprint density at radius 3 is 2.67 bits per heavy atom. The molecule has 0 unspecified atom stereocenters. The number of anilines is 1. The Labute approximate surface area is 140 Å². The fraction of sp³-hybridized carbons (Fsp3) is 0.500. The van der Waals surface area contributed by atoms with E-state index in [-0.39, 0.29) is 30.7 Å². The Bertz CT molecular complexity index is 665. The molecule has 1 aliphatic carbocycles. The maximum atomic E-state index is 12.4. The van der Waals surface area contributed by atoms with E-state index in [4.69, 9.17) is 5.11 Å². The van der Waals surface area contributed by atoms with Crippen LogP contribution in [0, 0.1) is 5.92 Å². The van der Waals surface area contributed by atoms with Crippen LogP contribution in [-0.2, 0) is 16.1 Å². The van der Waals surface area contributed by atoms with Gasteiger partial charge >= 0.3 is 5.97 Å². The third kappa shape index (κ3) is 3.58. The molecule has 0 spiro atoms. The van der Waals surface area contributed by atoms with Gasteiger partial charge in [0.15, 0.2) is 0 Å². The molecule has 0 saturated heterocycles. The van der Waals surface area contributed by atoms with E-state index in [1.165, 1.54) is 11.3 Å². The summed E-state index contributed by atoms with van der Waals surface area (Å²) in [4.78, 5) is 36.9. The van der Waals surface area contributed by atoms with Gasteiger partial charge in [-0.05, 0) is 30.5 Å². The lowest BCUT2D eigenvalue weighted by Gasteiger charge is -2.20. The van der Waals surface area contributed by atoms with Crippen LogP contribution in [0.15, 0.2) is 18.2 Å². The van der Waals surface area contributed by atoms with E-state index < -0.39 is 5.97 Å². The van der Waals surface area contributed by atoms with Gasteiger partial charge in [0, 0.05) is 30.3 Å². The molecule has 1 saturated carbocycles. The van der Waals surface area contributed by atoms with Gasteiger partial charge in [0.2, 0.25) is 5.91 Å². The molecule has 1 heterocycles. The second-order valence-corrected chi connectivity index (χ2v) is 6.57. The number of hydrogen-bond donors (Lipinski definition) is 2. The van der Waals surface area contributed by atoms with Gasteiger partial charge in [-0.2, -0.15) is 0 Å². The molecule has 0 aromatic heterocycles. The van der Waals surface area contributed by atoms with E-state index in [0.717, 1.165) is 31.2 Å². The van der Waals surface area contributed by atoms with Crippen LogP contribution in [0.3, 0.4) is 0 Å². The number of carboxylic acids is 1. The Balaban J connectivity index is 1.66. The van der Waals surface area contributed by atoms with Gasteiger partial charge in [0.05, 0.1) is 6.42 Å². The van der Waals surface area contributed by atoms with Crippen LogP contribution in [0.25, 0.3) is 0 Å². The van der Waals surface area contributed by atoms with Gasteiger partial charge in [-0.3, -0.25) is 14.4 Å². The normalized spacial score (nSPS) is 17.7. The smallest absolute Gasteiger partial charge is 0.305 e. The van der Waals surface area contributed by atoms with Crippen LogP contribution in [0.4, 0.5) is 5.69 Å². The highest BCUT2D eigenvalue weighted by atomic mass is 16.4. The number of carbonyl (C=O) groups excluding carboxylic acids is 2. The highest BCUT2D eigenvalue weighted by Gasteiger charge is 2.28. The first-order valence-electron chi connectivity index (χ1n) is 8.49. The summed E-state index contributed by atoms with van der Waals surface area (Å²) < 4.78 is 0. The lowest BCUT2D eigenvalue weighted by molar-refractivity contribution is -0.137. The topological polar surface area (TPSA) is 86.7 Å². The summed E-state index contributed by atoms with van der Waals surface area (Å²) in [6.07, 6.45) is 5.18. The number of amides is 2. The van der Waals surface area contributed by atoms with E-state index in [1.54, 1.807) is 6.07 Å². The van der Waals surface area contributed by atoms with Crippen molar-refractivity contribution in [1.29, 1.82) is 0 Å². The summed E-state index contributed by atoms with van der Waals surface area (Å²) in [6.45, 7) is 0.630. The van der Waals surface area contributed by atoms with Crippen LogP contribution >= 0.6 is 0 Å². The number of hydrogen-bond acceptors (Lipinski definition) is 3. The predicted molar refractivity (Wildman–Crippen MR) is 88.6 cm³/mol. The number of aliphatic carboxylic acids is 1.